The van der Waals surface area contributed by atoms with Crippen molar-refractivity contribution < 1.29 is 26.7 Å². The third-order valence-electron chi connectivity index (χ3n) is 4.34. The second-order valence-corrected chi connectivity index (χ2v) is 9.13. The topological polar surface area (TPSA) is 85.4 Å². The first kappa shape index (κ1) is 22.7. The van der Waals surface area contributed by atoms with E-state index in [4.69, 9.17) is 0 Å². The molecule has 0 bridgehead atoms. The van der Waals surface area contributed by atoms with Crippen LogP contribution in [-0.4, -0.2) is 26.5 Å². The number of sulfonamides is 1. The maximum Gasteiger partial charge on any atom is 0.338 e. The van der Waals surface area contributed by atoms with Crippen LogP contribution in [0.5, 0.6) is 0 Å². The van der Waals surface area contributed by atoms with E-state index in [2.05, 4.69) is 14.4 Å². The lowest BCUT2D eigenvalue weighted by Crippen LogP contribution is -2.14. The largest absolute Gasteiger partial charge is 0.465 e. The van der Waals surface area contributed by atoms with Crippen LogP contribution in [0.15, 0.2) is 64.6 Å². The summed E-state index contributed by atoms with van der Waals surface area (Å²) in [7, 11) is -2.76. The van der Waals surface area contributed by atoms with Gasteiger partial charge in [-0.3, -0.25) is 4.72 Å². The lowest BCUT2D eigenvalue weighted by atomic mass is 10.1. The molecule has 0 aliphatic heterocycles. The van der Waals surface area contributed by atoms with E-state index < -0.39 is 27.6 Å². The Bertz CT molecular complexity index is 1200. The smallest absolute Gasteiger partial charge is 0.338 e. The van der Waals surface area contributed by atoms with Crippen molar-refractivity contribution in [2.75, 3.05) is 11.8 Å². The fourth-order valence-electron chi connectivity index (χ4n) is 2.65. The minimum Gasteiger partial charge on any atom is -0.465 e. The van der Waals surface area contributed by atoms with Gasteiger partial charge in [0.25, 0.3) is 10.0 Å². The molecule has 1 N–H and O–H groups in total. The number of nitrogens with one attached hydrogen (secondary N) is 1. The highest BCUT2D eigenvalue weighted by molar-refractivity contribution is 7.98. The first-order valence-corrected chi connectivity index (χ1v) is 11.4. The summed E-state index contributed by atoms with van der Waals surface area (Å²) < 4.78 is 59.8. The highest BCUT2D eigenvalue weighted by Gasteiger charge is 2.19. The van der Waals surface area contributed by atoms with Gasteiger partial charge in [0.1, 0.15) is 11.6 Å². The zero-order valence-corrected chi connectivity index (χ0v) is 18.2. The molecular formula is C21H18F2N2O4S2. The maximum absolute atomic E-state index is 13.7. The molecule has 0 fully saturated rings. The molecule has 0 amide bonds. The fourth-order valence-corrected chi connectivity index (χ4v) is 4.58. The summed E-state index contributed by atoms with van der Waals surface area (Å²) in [4.78, 5) is 15.8. The van der Waals surface area contributed by atoms with Gasteiger partial charge in [0, 0.05) is 11.3 Å². The van der Waals surface area contributed by atoms with Gasteiger partial charge >= 0.3 is 5.97 Å². The normalized spacial score (nSPS) is 11.2. The Morgan fingerprint density at radius 1 is 1.13 bits per heavy atom. The monoisotopic (exact) mass is 464 g/mol. The number of hydrogen-bond acceptors (Lipinski definition) is 6. The van der Waals surface area contributed by atoms with Crippen molar-refractivity contribution >= 4 is 33.4 Å². The van der Waals surface area contributed by atoms with Crippen molar-refractivity contribution in [2.24, 2.45) is 0 Å². The second kappa shape index (κ2) is 9.44. The predicted molar refractivity (Wildman–Crippen MR) is 113 cm³/mol. The number of carbonyl (C=O) groups excluding carboxylic acids is 1. The molecule has 0 unspecified atom stereocenters. The van der Waals surface area contributed by atoms with Crippen molar-refractivity contribution in [3.63, 3.8) is 0 Å². The van der Waals surface area contributed by atoms with Gasteiger partial charge in [0.15, 0.2) is 0 Å². The second-order valence-electron chi connectivity index (χ2n) is 6.45. The Kier molecular flexibility index (Phi) is 6.91. The number of benzene rings is 2. The predicted octanol–water partition coefficient (Wildman–Crippen LogP) is 4.55. The summed E-state index contributed by atoms with van der Waals surface area (Å²) in [5, 5.41) is 0.467. The van der Waals surface area contributed by atoms with Crippen molar-refractivity contribution in [3.8, 4) is 0 Å². The van der Waals surface area contributed by atoms with Crippen molar-refractivity contribution in [3.05, 3.63) is 83.1 Å². The van der Waals surface area contributed by atoms with Crippen LogP contribution >= 0.6 is 11.8 Å². The summed E-state index contributed by atoms with van der Waals surface area (Å²) in [5.74, 6) is -1.87. The minimum atomic E-state index is -3.98. The SMILES string of the molecule is COC(=O)c1cc(S(=O)(=O)Nc2ccc(SCc3c(F)cccc3F)nc2)ccc1C. The zero-order valence-electron chi connectivity index (χ0n) is 16.6. The van der Waals surface area contributed by atoms with Gasteiger partial charge in [-0.25, -0.2) is 27.0 Å². The number of thioether (sulfide) groups is 1. The summed E-state index contributed by atoms with van der Waals surface area (Å²) in [5.41, 5.74) is 0.872. The molecule has 0 radical (unpaired) electrons. The lowest BCUT2D eigenvalue weighted by molar-refractivity contribution is 0.0599. The van der Waals surface area contributed by atoms with Crippen LogP contribution in [0.4, 0.5) is 14.5 Å². The number of esters is 1. The van der Waals surface area contributed by atoms with Crippen LogP contribution in [-0.2, 0) is 20.5 Å². The van der Waals surface area contributed by atoms with E-state index in [1.165, 1.54) is 61.8 Å². The molecule has 162 valence electrons. The minimum absolute atomic E-state index is 0.0379. The number of rotatable bonds is 7. The highest BCUT2D eigenvalue weighted by Crippen LogP contribution is 2.26. The van der Waals surface area contributed by atoms with Crippen LogP contribution in [0.1, 0.15) is 21.5 Å². The van der Waals surface area contributed by atoms with E-state index in [1.54, 1.807) is 6.92 Å². The molecule has 0 aliphatic carbocycles. The van der Waals surface area contributed by atoms with Crippen molar-refractivity contribution in [1.82, 2.24) is 4.98 Å². The van der Waals surface area contributed by atoms with Gasteiger partial charge in [0.2, 0.25) is 0 Å². The van der Waals surface area contributed by atoms with Crippen LogP contribution < -0.4 is 4.72 Å². The third kappa shape index (κ3) is 5.39. The maximum atomic E-state index is 13.7. The van der Waals surface area contributed by atoms with Crippen LogP contribution in [0.2, 0.25) is 0 Å². The number of aromatic nitrogens is 1. The Morgan fingerprint density at radius 2 is 1.84 bits per heavy atom. The molecular weight excluding hydrogens is 446 g/mol. The Morgan fingerprint density at radius 3 is 2.45 bits per heavy atom. The molecule has 0 atom stereocenters. The van der Waals surface area contributed by atoms with Crippen molar-refractivity contribution in [2.45, 2.75) is 22.6 Å². The Balaban J connectivity index is 1.72. The summed E-state index contributed by atoms with van der Waals surface area (Å²) in [6, 6.07) is 10.8. The first-order valence-electron chi connectivity index (χ1n) is 8.95. The Hall–Kier alpha value is -2.98. The number of nitrogens with zero attached hydrogens (tertiary/aromatic N) is 1. The Labute approximate surface area is 182 Å². The summed E-state index contributed by atoms with van der Waals surface area (Å²) in [6.07, 6.45) is 1.30. The van der Waals surface area contributed by atoms with Crippen LogP contribution in [0.3, 0.4) is 0 Å². The molecule has 0 spiro atoms. The van der Waals surface area contributed by atoms with Crippen LogP contribution in [0.25, 0.3) is 0 Å². The molecule has 0 saturated carbocycles. The fraction of sp³-hybridized carbons (Fsp3) is 0.143. The number of anilines is 1. The number of pyridine rings is 1. The zero-order chi connectivity index (χ0) is 22.6. The van der Waals surface area contributed by atoms with Crippen LogP contribution in [0, 0.1) is 18.6 Å². The number of carbonyl (C=O) groups is 1. The van der Waals surface area contributed by atoms with Gasteiger partial charge in [-0.15, -0.1) is 11.8 Å². The quantitative estimate of drug-likeness (QED) is 0.408. The molecule has 10 heteroatoms. The molecule has 3 aromatic rings. The molecule has 1 aromatic heterocycles. The first-order chi connectivity index (χ1) is 14.7. The molecule has 0 saturated heterocycles. The van der Waals surface area contributed by atoms with E-state index in [1.807, 2.05) is 0 Å². The summed E-state index contributed by atoms with van der Waals surface area (Å²) >= 11 is 1.11. The summed E-state index contributed by atoms with van der Waals surface area (Å²) in [6.45, 7) is 1.67. The van der Waals surface area contributed by atoms with Gasteiger partial charge in [-0.05, 0) is 48.9 Å². The lowest BCUT2D eigenvalue weighted by Gasteiger charge is -2.11. The molecule has 0 aliphatic rings. The van der Waals surface area contributed by atoms with Crippen molar-refractivity contribution in [1.29, 1.82) is 0 Å². The number of hydrogen-bond donors (Lipinski definition) is 1. The van der Waals surface area contributed by atoms with E-state index in [-0.39, 0.29) is 27.5 Å². The van der Waals surface area contributed by atoms with E-state index in [0.717, 1.165) is 11.8 Å². The number of methoxy groups -OCH3 is 1. The molecule has 31 heavy (non-hydrogen) atoms. The van der Waals surface area contributed by atoms with E-state index in [9.17, 15) is 22.0 Å². The molecule has 6 nitrogen and oxygen atoms in total. The average molecular weight is 465 g/mol. The van der Waals surface area contributed by atoms with E-state index in [0.29, 0.717) is 10.6 Å². The molecule has 1 heterocycles. The van der Waals surface area contributed by atoms with Gasteiger partial charge in [-0.2, -0.15) is 0 Å². The van der Waals surface area contributed by atoms with Gasteiger partial charge in [0.05, 0.1) is 34.5 Å². The highest BCUT2D eigenvalue weighted by atomic mass is 32.2. The van der Waals surface area contributed by atoms with E-state index >= 15 is 0 Å². The van der Waals surface area contributed by atoms with Gasteiger partial charge in [-0.1, -0.05) is 12.1 Å². The number of halogens is 2. The number of aryl methyl sites for hydroxylation is 1. The molecule has 3 rings (SSSR count). The number of ether oxygens (including phenoxy) is 1. The molecule has 2 aromatic carbocycles. The third-order valence-corrected chi connectivity index (χ3v) is 6.69. The standard InChI is InChI=1S/C21H18F2N2O4S2/c1-13-6-8-15(10-16(13)21(26)29-2)31(27,28)25-14-7-9-20(24-11-14)30-12-17-18(22)4-3-5-19(17)23/h3-11,25H,12H2,1-2H3. The average Bonchev–Trinajstić information content (AvgIpc) is 2.74. The van der Waals surface area contributed by atoms with Gasteiger partial charge < -0.3 is 4.74 Å².